The summed E-state index contributed by atoms with van der Waals surface area (Å²) < 4.78 is 38.9. The average Bonchev–Trinajstić information content (AvgIpc) is 2.44. The molecule has 0 aliphatic rings. The summed E-state index contributed by atoms with van der Waals surface area (Å²) in [7, 11) is 0. The molecule has 0 heterocycles. The molecule has 0 atom stereocenters. The zero-order chi connectivity index (χ0) is 15.6. The standard InChI is InChI=1S/C15H9Cl2F3O/c16-10-3-2-9(7-11(10)17)14(21)4-1-8-5-12(18)15(20)13(19)6-8/h2-3,5-7H,1,4H2. The summed E-state index contributed by atoms with van der Waals surface area (Å²) >= 11 is 11.6. The fourth-order valence-corrected chi connectivity index (χ4v) is 2.12. The topological polar surface area (TPSA) is 17.1 Å². The van der Waals surface area contributed by atoms with E-state index in [-0.39, 0.29) is 29.2 Å². The number of benzene rings is 2. The average molecular weight is 333 g/mol. The van der Waals surface area contributed by atoms with Crippen LogP contribution in [0.2, 0.25) is 10.0 Å². The molecule has 2 aromatic carbocycles. The van der Waals surface area contributed by atoms with Gasteiger partial charge in [-0.3, -0.25) is 4.79 Å². The van der Waals surface area contributed by atoms with Crippen molar-refractivity contribution in [2.45, 2.75) is 12.8 Å². The number of carbonyl (C=O) groups is 1. The summed E-state index contributed by atoms with van der Waals surface area (Å²) in [4.78, 5) is 12.0. The molecular weight excluding hydrogens is 324 g/mol. The normalized spacial score (nSPS) is 10.7. The van der Waals surface area contributed by atoms with E-state index in [0.717, 1.165) is 12.1 Å². The van der Waals surface area contributed by atoms with Crippen LogP contribution in [0.5, 0.6) is 0 Å². The number of hydrogen-bond acceptors (Lipinski definition) is 1. The Morgan fingerprint density at radius 1 is 0.952 bits per heavy atom. The van der Waals surface area contributed by atoms with Crippen molar-refractivity contribution in [2.24, 2.45) is 0 Å². The minimum absolute atomic E-state index is 0.0163. The van der Waals surface area contributed by atoms with Gasteiger partial charge in [0, 0.05) is 12.0 Å². The van der Waals surface area contributed by atoms with E-state index in [1.165, 1.54) is 18.2 Å². The van der Waals surface area contributed by atoms with Crippen LogP contribution in [-0.4, -0.2) is 5.78 Å². The maximum Gasteiger partial charge on any atom is 0.194 e. The van der Waals surface area contributed by atoms with Gasteiger partial charge in [0.25, 0.3) is 0 Å². The van der Waals surface area contributed by atoms with Gasteiger partial charge in [-0.25, -0.2) is 13.2 Å². The summed E-state index contributed by atoms with van der Waals surface area (Å²) in [6.45, 7) is 0. The highest BCUT2D eigenvalue weighted by Gasteiger charge is 2.13. The molecule has 0 fully saturated rings. The van der Waals surface area contributed by atoms with Crippen molar-refractivity contribution in [3.8, 4) is 0 Å². The molecule has 110 valence electrons. The number of hydrogen-bond donors (Lipinski definition) is 0. The quantitative estimate of drug-likeness (QED) is 0.553. The number of aryl methyl sites for hydroxylation is 1. The molecule has 2 aromatic rings. The third-order valence-corrected chi connectivity index (χ3v) is 3.66. The highest BCUT2D eigenvalue weighted by molar-refractivity contribution is 6.42. The van der Waals surface area contributed by atoms with Crippen LogP contribution in [-0.2, 0) is 6.42 Å². The number of halogens is 5. The number of rotatable bonds is 4. The molecule has 0 aliphatic heterocycles. The van der Waals surface area contributed by atoms with Crippen LogP contribution in [0.4, 0.5) is 13.2 Å². The van der Waals surface area contributed by atoms with Gasteiger partial charge in [0.05, 0.1) is 10.0 Å². The Hall–Kier alpha value is -1.52. The maximum absolute atomic E-state index is 13.1. The van der Waals surface area contributed by atoms with E-state index in [2.05, 4.69) is 0 Å². The van der Waals surface area contributed by atoms with Crippen LogP contribution in [0.1, 0.15) is 22.3 Å². The monoisotopic (exact) mass is 332 g/mol. The third-order valence-electron chi connectivity index (χ3n) is 2.93. The largest absolute Gasteiger partial charge is 0.294 e. The second-order valence-electron chi connectivity index (χ2n) is 4.43. The lowest BCUT2D eigenvalue weighted by atomic mass is 10.0. The van der Waals surface area contributed by atoms with Crippen molar-refractivity contribution in [1.82, 2.24) is 0 Å². The molecule has 0 aromatic heterocycles. The second kappa shape index (κ2) is 6.50. The minimum atomic E-state index is -1.52. The van der Waals surface area contributed by atoms with Crippen molar-refractivity contribution in [2.75, 3.05) is 0 Å². The molecule has 0 saturated carbocycles. The van der Waals surface area contributed by atoms with Crippen LogP contribution in [0, 0.1) is 17.5 Å². The molecule has 0 radical (unpaired) electrons. The number of Topliss-reactive ketones (excluding diaryl/α,β-unsaturated/α-hetero) is 1. The molecule has 0 unspecified atom stereocenters. The summed E-state index contributed by atoms with van der Waals surface area (Å²) in [6.07, 6.45) is 0.107. The molecule has 0 spiro atoms. The smallest absolute Gasteiger partial charge is 0.194 e. The molecular formula is C15H9Cl2F3O. The second-order valence-corrected chi connectivity index (χ2v) is 5.24. The van der Waals surface area contributed by atoms with E-state index in [9.17, 15) is 18.0 Å². The highest BCUT2D eigenvalue weighted by Crippen LogP contribution is 2.23. The Morgan fingerprint density at radius 3 is 2.14 bits per heavy atom. The first kappa shape index (κ1) is 15.9. The zero-order valence-electron chi connectivity index (χ0n) is 10.6. The van der Waals surface area contributed by atoms with Gasteiger partial charge in [0.1, 0.15) is 0 Å². The number of carbonyl (C=O) groups excluding carboxylic acids is 1. The van der Waals surface area contributed by atoms with Crippen molar-refractivity contribution in [3.05, 3.63) is 69.0 Å². The zero-order valence-corrected chi connectivity index (χ0v) is 12.1. The van der Waals surface area contributed by atoms with Crippen molar-refractivity contribution in [3.63, 3.8) is 0 Å². The van der Waals surface area contributed by atoms with E-state index < -0.39 is 17.5 Å². The molecule has 2 rings (SSSR count). The fourth-order valence-electron chi connectivity index (χ4n) is 1.82. The Bertz CT molecular complexity index is 678. The van der Waals surface area contributed by atoms with E-state index in [1.807, 2.05) is 0 Å². The van der Waals surface area contributed by atoms with Crippen LogP contribution < -0.4 is 0 Å². The fraction of sp³-hybridized carbons (Fsp3) is 0.133. The third kappa shape index (κ3) is 3.77. The van der Waals surface area contributed by atoms with Gasteiger partial charge < -0.3 is 0 Å². The molecule has 6 heteroatoms. The molecule has 0 N–H and O–H groups in total. The molecule has 0 amide bonds. The van der Waals surface area contributed by atoms with Gasteiger partial charge in [-0.05, 0) is 42.3 Å². The van der Waals surface area contributed by atoms with Crippen molar-refractivity contribution in [1.29, 1.82) is 0 Å². The van der Waals surface area contributed by atoms with E-state index in [0.29, 0.717) is 10.6 Å². The van der Waals surface area contributed by atoms with Gasteiger partial charge in [-0.15, -0.1) is 0 Å². The van der Waals surface area contributed by atoms with Crippen LogP contribution >= 0.6 is 23.2 Å². The summed E-state index contributed by atoms with van der Waals surface area (Å²) in [5, 5.41) is 0.581. The van der Waals surface area contributed by atoms with E-state index in [4.69, 9.17) is 23.2 Å². The minimum Gasteiger partial charge on any atom is -0.294 e. The van der Waals surface area contributed by atoms with Gasteiger partial charge in [-0.1, -0.05) is 23.2 Å². The summed E-state index contributed by atoms with van der Waals surface area (Å²) in [5.74, 6) is -4.31. The van der Waals surface area contributed by atoms with E-state index in [1.54, 1.807) is 0 Å². The SMILES string of the molecule is O=C(CCc1cc(F)c(F)c(F)c1)c1ccc(Cl)c(Cl)c1. The first-order valence-electron chi connectivity index (χ1n) is 6.00. The predicted molar refractivity (Wildman–Crippen MR) is 75.4 cm³/mol. The first-order chi connectivity index (χ1) is 9.88. The number of ketones is 1. The Labute approximate surface area is 129 Å². The lowest BCUT2D eigenvalue weighted by molar-refractivity contribution is 0.0982. The van der Waals surface area contributed by atoms with Gasteiger partial charge >= 0.3 is 0 Å². The molecule has 0 bridgehead atoms. The van der Waals surface area contributed by atoms with Crippen LogP contribution in [0.3, 0.4) is 0 Å². The summed E-state index contributed by atoms with van der Waals surface area (Å²) in [5.41, 5.74) is 0.562. The van der Waals surface area contributed by atoms with Crippen molar-refractivity contribution < 1.29 is 18.0 Å². The predicted octanol–water partition coefficient (Wildman–Crippen LogP) is 5.23. The Kier molecular flexibility index (Phi) is 4.91. The van der Waals surface area contributed by atoms with Gasteiger partial charge in [0.15, 0.2) is 23.2 Å². The Balaban J connectivity index is 2.09. The highest BCUT2D eigenvalue weighted by atomic mass is 35.5. The molecule has 0 saturated heterocycles. The lowest BCUT2D eigenvalue weighted by Crippen LogP contribution is -2.02. The Morgan fingerprint density at radius 2 is 1.57 bits per heavy atom. The van der Waals surface area contributed by atoms with Crippen LogP contribution in [0.15, 0.2) is 30.3 Å². The summed E-state index contributed by atoms with van der Waals surface area (Å²) in [6, 6.07) is 6.19. The molecule has 1 nitrogen and oxygen atoms in total. The van der Waals surface area contributed by atoms with Gasteiger partial charge in [0.2, 0.25) is 0 Å². The lowest BCUT2D eigenvalue weighted by Gasteiger charge is -2.05. The maximum atomic E-state index is 13.1. The van der Waals surface area contributed by atoms with Crippen LogP contribution in [0.25, 0.3) is 0 Å². The first-order valence-corrected chi connectivity index (χ1v) is 6.75. The van der Waals surface area contributed by atoms with Gasteiger partial charge in [-0.2, -0.15) is 0 Å². The van der Waals surface area contributed by atoms with E-state index >= 15 is 0 Å². The molecule has 0 aliphatic carbocycles. The molecule has 21 heavy (non-hydrogen) atoms. The van der Waals surface area contributed by atoms with Crippen molar-refractivity contribution >= 4 is 29.0 Å².